The van der Waals surface area contributed by atoms with Gasteiger partial charge in [0.05, 0.1) is 35.5 Å². The molecule has 1 unspecified atom stereocenters. The average molecular weight is 710 g/mol. The number of pyridine rings is 1. The number of nitrogens with one attached hydrogen (secondary N) is 1. The van der Waals surface area contributed by atoms with Gasteiger partial charge < -0.3 is 15.3 Å². The number of hydrogen-bond donors (Lipinski definition) is 2. The standard InChI is InChI=1S/C28H27ClF3N9O6S/c29-17-3-1-16(2-4-17)23-37-40(27(45)39(23)14-21(42)28(30,31)32)15-22-35-24(26(44)38-9-11-48(46,47)12-10-38)41(36-22)20-13-33-8-7-19(20)25(43)34-18-5-6-18/h1-4,7-8,13,18,21,42H,5-6,9-12,14-15H2,(H,34,43). The number of benzene rings is 1. The lowest BCUT2D eigenvalue weighted by Gasteiger charge is -2.26. The Balaban J connectivity index is 1.42. The van der Waals surface area contributed by atoms with Crippen LogP contribution in [0.25, 0.3) is 17.1 Å². The van der Waals surface area contributed by atoms with E-state index in [2.05, 4.69) is 25.5 Å². The number of aliphatic hydroxyl groups excluding tert-OH is 1. The molecule has 6 rings (SSSR count). The number of aliphatic hydroxyl groups is 1. The predicted octanol–water partition coefficient (Wildman–Crippen LogP) is 1.08. The van der Waals surface area contributed by atoms with Crippen molar-refractivity contribution in [1.29, 1.82) is 0 Å². The number of hydrogen-bond acceptors (Lipinski definition) is 10. The van der Waals surface area contributed by atoms with E-state index in [-0.39, 0.29) is 64.9 Å². The van der Waals surface area contributed by atoms with Gasteiger partial charge in [0.2, 0.25) is 5.82 Å². The van der Waals surface area contributed by atoms with Crippen LogP contribution in [0.4, 0.5) is 13.2 Å². The molecule has 4 heterocycles. The van der Waals surface area contributed by atoms with Crippen LogP contribution in [0.1, 0.15) is 39.6 Å². The summed E-state index contributed by atoms with van der Waals surface area (Å²) in [5, 5.41) is 21.6. The van der Waals surface area contributed by atoms with Gasteiger partial charge in [-0.3, -0.25) is 19.1 Å². The number of halogens is 4. The highest BCUT2D eigenvalue weighted by molar-refractivity contribution is 7.91. The molecule has 15 nitrogen and oxygen atoms in total. The van der Waals surface area contributed by atoms with Crippen LogP contribution in [0, 0.1) is 0 Å². The van der Waals surface area contributed by atoms with Crippen LogP contribution in [-0.2, 0) is 22.9 Å². The molecule has 2 amide bonds. The van der Waals surface area contributed by atoms with E-state index in [0.717, 1.165) is 22.2 Å². The Morgan fingerprint density at radius 2 is 1.77 bits per heavy atom. The van der Waals surface area contributed by atoms with Crippen molar-refractivity contribution in [3.63, 3.8) is 0 Å². The largest absolute Gasteiger partial charge is 0.416 e. The van der Waals surface area contributed by atoms with Crippen molar-refractivity contribution in [3.05, 3.63) is 75.4 Å². The third-order valence-corrected chi connectivity index (χ3v) is 9.57. The van der Waals surface area contributed by atoms with Crippen molar-refractivity contribution in [1.82, 2.24) is 44.3 Å². The van der Waals surface area contributed by atoms with Crippen molar-refractivity contribution in [2.75, 3.05) is 24.6 Å². The van der Waals surface area contributed by atoms with Gasteiger partial charge >= 0.3 is 11.9 Å². The van der Waals surface area contributed by atoms with Crippen LogP contribution in [0.15, 0.2) is 47.5 Å². The first-order chi connectivity index (χ1) is 22.7. The SMILES string of the molecule is O=C(NC1CC1)c1ccncc1-n1nc(Cn2nc(-c3ccc(Cl)cc3)n(CC(O)C(F)(F)F)c2=O)nc1C(=O)N1CCS(=O)(=O)CC1. The number of alkyl halides is 3. The summed E-state index contributed by atoms with van der Waals surface area (Å²) in [6.07, 6.45) is -3.65. The van der Waals surface area contributed by atoms with E-state index in [9.17, 15) is 41.1 Å². The van der Waals surface area contributed by atoms with E-state index in [1.807, 2.05) is 0 Å². The summed E-state index contributed by atoms with van der Waals surface area (Å²) in [4.78, 5) is 50.0. The fourth-order valence-corrected chi connectivity index (χ4v) is 6.28. The molecule has 1 saturated carbocycles. The molecule has 1 atom stereocenters. The van der Waals surface area contributed by atoms with Gasteiger partial charge in [-0.05, 0) is 43.2 Å². The number of amides is 2. The van der Waals surface area contributed by atoms with Gasteiger partial charge in [0, 0.05) is 35.9 Å². The van der Waals surface area contributed by atoms with Gasteiger partial charge in [0.25, 0.3) is 11.8 Å². The fourth-order valence-electron chi connectivity index (χ4n) is 4.95. The minimum absolute atomic E-state index is 0.00564. The maximum atomic E-state index is 13.7. The number of rotatable bonds is 9. The van der Waals surface area contributed by atoms with E-state index in [1.165, 1.54) is 47.6 Å². The highest BCUT2D eigenvalue weighted by atomic mass is 35.5. The zero-order valence-electron chi connectivity index (χ0n) is 24.8. The van der Waals surface area contributed by atoms with E-state index in [4.69, 9.17) is 11.6 Å². The van der Waals surface area contributed by atoms with Crippen LogP contribution >= 0.6 is 11.6 Å². The molecule has 4 aromatic rings. The first-order valence-electron chi connectivity index (χ1n) is 14.6. The lowest BCUT2D eigenvalue weighted by Crippen LogP contribution is -2.44. The van der Waals surface area contributed by atoms with Gasteiger partial charge in [-0.15, -0.1) is 10.2 Å². The van der Waals surface area contributed by atoms with Crippen LogP contribution in [0.5, 0.6) is 0 Å². The molecule has 0 radical (unpaired) electrons. The molecule has 48 heavy (non-hydrogen) atoms. The summed E-state index contributed by atoms with van der Waals surface area (Å²) >= 11 is 5.96. The summed E-state index contributed by atoms with van der Waals surface area (Å²) in [6, 6.07) is 7.18. The highest BCUT2D eigenvalue weighted by Crippen LogP contribution is 2.25. The second-order valence-corrected chi connectivity index (χ2v) is 14.0. The molecule has 0 spiro atoms. The van der Waals surface area contributed by atoms with E-state index in [0.29, 0.717) is 9.59 Å². The number of aromatic nitrogens is 7. The molecular formula is C28H27ClF3N9O6S. The van der Waals surface area contributed by atoms with Crippen molar-refractivity contribution in [2.24, 2.45) is 0 Å². The Hall–Kier alpha value is -4.62. The summed E-state index contributed by atoms with van der Waals surface area (Å²) < 4.78 is 66.5. The summed E-state index contributed by atoms with van der Waals surface area (Å²) in [6.45, 7) is -1.96. The van der Waals surface area contributed by atoms with Crippen LogP contribution in [0.2, 0.25) is 5.02 Å². The number of sulfone groups is 1. The Morgan fingerprint density at radius 1 is 1.08 bits per heavy atom. The summed E-state index contributed by atoms with van der Waals surface area (Å²) in [5.41, 5.74) is -0.646. The van der Waals surface area contributed by atoms with Crippen molar-refractivity contribution < 1.29 is 36.3 Å². The monoisotopic (exact) mass is 709 g/mol. The molecule has 1 saturated heterocycles. The highest BCUT2D eigenvalue weighted by Gasteiger charge is 2.39. The number of carbonyl (C=O) groups excluding carboxylic acids is 2. The van der Waals surface area contributed by atoms with Crippen molar-refractivity contribution in [2.45, 2.75) is 44.3 Å². The smallest absolute Gasteiger partial charge is 0.382 e. The Kier molecular flexibility index (Phi) is 8.86. The van der Waals surface area contributed by atoms with Crippen LogP contribution in [-0.4, -0.2) is 107 Å². The maximum Gasteiger partial charge on any atom is 0.416 e. The molecule has 20 heteroatoms. The maximum absolute atomic E-state index is 13.7. The molecule has 2 N–H and O–H groups in total. The Morgan fingerprint density at radius 3 is 2.42 bits per heavy atom. The quantitative estimate of drug-likeness (QED) is 0.255. The second-order valence-electron chi connectivity index (χ2n) is 11.3. The third-order valence-electron chi connectivity index (χ3n) is 7.71. The second kappa shape index (κ2) is 12.8. The third kappa shape index (κ3) is 7.12. The Bertz CT molecular complexity index is 2030. The number of nitrogens with zero attached hydrogens (tertiary/aromatic N) is 8. The zero-order valence-corrected chi connectivity index (χ0v) is 26.4. The molecule has 3 aromatic heterocycles. The minimum Gasteiger partial charge on any atom is -0.382 e. The van der Waals surface area contributed by atoms with Gasteiger partial charge in [0.1, 0.15) is 6.54 Å². The first kappa shape index (κ1) is 33.3. The van der Waals surface area contributed by atoms with E-state index >= 15 is 0 Å². The predicted molar refractivity (Wildman–Crippen MR) is 162 cm³/mol. The van der Waals surface area contributed by atoms with Gasteiger partial charge in [-0.1, -0.05) is 11.6 Å². The van der Waals surface area contributed by atoms with Gasteiger partial charge in [0.15, 0.2) is 27.6 Å². The Labute approximate surface area is 274 Å². The normalized spacial score (nSPS) is 16.9. The fraction of sp³-hybridized carbons (Fsp3) is 0.393. The van der Waals surface area contributed by atoms with Gasteiger partial charge in [-0.2, -0.15) is 13.2 Å². The molecule has 2 aliphatic rings. The first-order valence-corrected chi connectivity index (χ1v) is 16.8. The van der Waals surface area contributed by atoms with Crippen molar-refractivity contribution >= 4 is 33.3 Å². The van der Waals surface area contributed by atoms with Crippen molar-refractivity contribution in [3.8, 4) is 17.1 Å². The lowest BCUT2D eigenvalue weighted by molar-refractivity contribution is -0.207. The van der Waals surface area contributed by atoms with Crippen LogP contribution in [0.3, 0.4) is 0 Å². The van der Waals surface area contributed by atoms with Crippen LogP contribution < -0.4 is 11.0 Å². The average Bonchev–Trinajstić information content (AvgIpc) is 3.68. The molecule has 2 fully saturated rings. The zero-order chi connectivity index (χ0) is 34.4. The van der Waals surface area contributed by atoms with E-state index in [1.54, 1.807) is 0 Å². The van der Waals surface area contributed by atoms with Gasteiger partial charge in [-0.25, -0.2) is 27.6 Å². The molecule has 1 aliphatic carbocycles. The van der Waals surface area contributed by atoms with E-state index < -0.39 is 52.7 Å². The molecular weight excluding hydrogens is 683 g/mol. The number of carbonyl (C=O) groups is 2. The summed E-state index contributed by atoms with van der Waals surface area (Å²) in [7, 11) is -3.35. The molecule has 0 bridgehead atoms. The minimum atomic E-state index is -5.03. The summed E-state index contributed by atoms with van der Waals surface area (Å²) in [5.74, 6) is -2.44. The molecule has 1 aliphatic heterocycles. The molecule has 254 valence electrons. The molecule has 1 aromatic carbocycles. The topological polar surface area (TPSA) is 187 Å². The lowest BCUT2D eigenvalue weighted by atomic mass is 10.2.